The maximum Gasteiger partial charge on any atom is 0.0823 e. The van der Waals surface area contributed by atoms with E-state index in [0.29, 0.717) is 0 Å². The van der Waals surface area contributed by atoms with Crippen LogP contribution in [0, 0.1) is 6.92 Å². The molecule has 1 heterocycles. The van der Waals surface area contributed by atoms with Gasteiger partial charge in [0.1, 0.15) is 0 Å². The smallest absolute Gasteiger partial charge is 0.0823 e. The lowest BCUT2D eigenvalue weighted by Gasteiger charge is -2.09. The molecule has 0 saturated heterocycles. The van der Waals surface area contributed by atoms with Gasteiger partial charge in [0.25, 0.3) is 0 Å². The topological polar surface area (TPSA) is 38.0 Å². The Bertz CT molecular complexity index is 320. The second kappa shape index (κ2) is 7.49. The summed E-state index contributed by atoms with van der Waals surface area (Å²) >= 11 is 0. The van der Waals surface area contributed by atoms with E-state index in [4.69, 9.17) is 0 Å². The summed E-state index contributed by atoms with van der Waals surface area (Å²) in [5.74, 6) is 0. The molecule has 0 aromatic carbocycles. The second-order valence-corrected chi connectivity index (χ2v) is 4.92. The molecule has 3 heteroatoms. The third-order valence-electron chi connectivity index (χ3n) is 3.24. The average Bonchev–Trinajstić information content (AvgIpc) is 2.62. The molecular formula is C14H26N2O. The van der Waals surface area contributed by atoms with Crippen LogP contribution in [-0.2, 0) is 7.05 Å². The van der Waals surface area contributed by atoms with Crippen molar-refractivity contribution in [1.29, 1.82) is 0 Å². The average molecular weight is 238 g/mol. The Balaban J connectivity index is 2.21. The van der Waals surface area contributed by atoms with E-state index < -0.39 is 0 Å². The minimum atomic E-state index is -0.338. The van der Waals surface area contributed by atoms with E-state index in [-0.39, 0.29) is 6.10 Å². The molecule has 0 radical (unpaired) electrons. The van der Waals surface area contributed by atoms with Crippen LogP contribution < -0.4 is 0 Å². The van der Waals surface area contributed by atoms with Gasteiger partial charge in [-0.15, -0.1) is 0 Å². The van der Waals surface area contributed by atoms with Crippen molar-refractivity contribution >= 4 is 0 Å². The Hall–Kier alpha value is -0.830. The zero-order valence-electron chi connectivity index (χ0n) is 11.4. The highest BCUT2D eigenvalue weighted by Gasteiger charge is 2.12. The molecule has 1 aromatic heterocycles. The van der Waals surface area contributed by atoms with E-state index in [1.54, 1.807) is 4.68 Å². The molecule has 17 heavy (non-hydrogen) atoms. The number of hydrogen-bond acceptors (Lipinski definition) is 2. The van der Waals surface area contributed by atoms with Crippen molar-refractivity contribution in [3.05, 3.63) is 17.5 Å². The third kappa shape index (κ3) is 4.90. The number of aliphatic hydroxyl groups excluding tert-OH is 1. The fourth-order valence-electron chi connectivity index (χ4n) is 2.22. The van der Waals surface area contributed by atoms with Crippen LogP contribution in [0.15, 0.2) is 6.20 Å². The molecule has 1 atom stereocenters. The molecule has 0 aliphatic heterocycles. The number of rotatable bonds is 8. The first-order chi connectivity index (χ1) is 8.15. The van der Waals surface area contributed by atoms with E-state index in [0.717, 1.165) is 24.1 Å². The van der Waals surface area contributed by atoms with Crippen molar-refractivity contribution in [3.8, 4) is 0 Å². The summed E-state index contributed by atoms with van der Waals surface area (Å²) in [6.45, 7) is 4.19. The Morgan fingerprint density at radius 3 is 2.47 bits per heavy atom. The molecule has 1 rings (SSSR count). The van der Waals surface area contributed by atoms with Gasteiger partial charge in [0, 0.05) is 18.8 Å². The molecular weight excluding hydrogens is 212 g/mol. The monoisotopic (exact) mass is 238 g/mol. The van der Waals surface area contributed by atoms with Gasteiger partial charge in [-0.2, -0.15) is 5.10 Å². The molecule has 0 aliphatic carbocycles. The molecule has 0 bridgehead atoms. The molecule has 3 nitrogen and oxygen atoms in total. The molecule has 1 N–H and O–H groups in total. The van der Waals surface area contributed by atoms with Crippen LogP contribution in [-0.4, -0.2) is 14.9 Å². The summed E-state index contributed by atoms with van der Waals surface area (Å²) in [5, 5.41) is 14.3. The zero-order chi connectivity index (χ0) is 12.7. The highest BCUT2D eigenvalue weighted by atomic mass is 16.3. The van der Waals surface area contributed by atoms with Crippen molar-refractivity contribution in [2.24, 2.45) is 7.05 Å². The number of aryl methyl sites for hydroxylation is 2. The van der Waals surface area contributed by atoms with Crippen LogP contribution >= 0.6 is 0 Å². The lowest BCUT2D eigenvalue weighted by atomic mass is 10.0. The first-order valence-corrected chi connectivity index (χ1v) is 6.83. The lowest BCUT2D eigenvalue weighted by Crippen LogP contribution is -1.98. The Labute approximate surface area is 105 Å². The van der Waals surface area contributed by atoms with E-state index in [9.17, 15) is 5.11 Å². The van der Waals surface area contributed by atoms with Gasteiger partial charge in [0.15, 0.2) is 0 Å². The standard InChI is InChI=1S/C14H26N2O/c1-4-5-6-7-8-9-10-14(17)13-11-16(3)15-12(13)2/h11,14,17H,4-10H2,1-3H3. The zero-order valence-corrected chi connectivity index (χ0v) is 11.4. The van der Waals surface area contributed by atoms with Crippen LogP contribution in [0.5, 0.6) is 0 Å². The van der Waals surface area contributed by atoms with E-state index in [1.165, 1.54) is 32.1 Å². The van der Waals surface area contributed by atoms with Crippen molar-refractivity contribution in [2.75, 3.05) is 0 Å². The minimum absolute atomic E-state index is 0.338. The first-order valence-electron chi connectivity index (χ1n) is 6.83. The predicted octanol–water partition coefficient (Wildman–Crippen LogP) is 3.51. The summed E-state index contributed by atoms with van der Waals surface area (Å²) in [4.78, 5) is 0. The molecule has 0 fully saturated rings. The fourth-order valence-corrected chi connectivity index (χ4v) is 2.22. The minimum Gasteiger partial charge on any atom is -0.388 e. The highest BCUT2D eigenvalue weighted by Crippen LogP contribution is 2.22. The predicted molar refractivity (Wildman–Crippen MR) is 70.9 cm³/mol. The van der Waals surface area contributed by atoms with Gasteiger partial charge in [-0.1, -0.05) is 45.4 Å². The summed E-state index contributed by atoms with van der Waals surface area (Å²) < 4.78 is 1.77. The quantitative estimate of drug-likeness (QED) is 0.704. The SMILES string of the molecule is CCCCCCCCC(O)c1cn(C)nc1C. The summed E-state index contributed by atoms with van der Waals surface area (Å²) in [7, 11) is 1.90. The fraction of sp³-hybridized carbons (Fsp3) is 0.786. The van der Waals surface area contributed by atoms with Gasteiger partial charge < -0.3 is 5.11 Å². The van der Waals surface area contributed by atoms with Gasteiger partial charge in [0.2, 0.25) is 0 Å². The molecule has 0 saturated carbocycles. The maximum absolute atomic E-state index is 10.1. The normalized spacial score (nSPS) is 12.9. The van der Waals surface area contributed by atoms with Crippen molar-refractivity contribution in [2.45, 2.75) is 64.9 Å². The second-order valence-electron chi connectivity index (χ2n) is 4.92. The number of aliphatic hydroxyl groups is 1. The van der Waals surface area contributed by atoms with Crippen LogP contribution in [0.25, 0.3) is 0 Å². The molecule has 1 unspecified atom stereocenters. The maximum atomic E-state index is 10.1. The molecule has 0 amide bonds. The molecule has 0 spiro atoms. The molecule has 1 aromatic rings. The lowest BCUT2D eigenvalue weighted by molar-refractivity contribution is 0.162. The van der Waals surface area contributed by atoms with E-state index in [2.05, 4.69) is 12.0 Å². The summed E-state index contributed by atoms with van der Waals surface area (Å²) in [6.07, 6.45) is 10.0. The Morgan fingerprint density at radius 1 is 1.24 bits per heavy atom. The van der Waals surface area contributed by atoms with Gasteiger partial charge in [-0.3, -0.25) is 4.68 Å². The number of aromatic nitrogens is 2. The van der Waals surface area contributed by atoms with Gasteiger partial charge >= 0.3 is 0 Å². The third-order valence-corrected chi connectivity index (χ3v) is 3.24. The number of unbranched alkanes of at least 4 members (excludes halogenated alkanes) is 5. The van der Waals surface area contributed by atoms with E-state index in [1.807, 2.05) is 20.2 Å². The van der Waals surface area contributed by atoms with Crippen LogP contribution in [0.1, 0.15) is 69.2 Å². The van der Waals surface area contributed by atoms with Crippen LogP contribution in [0.4, 0.5) is 0 Å². The molecule has 98 valence electrons. The largest absolute Gasteiger partial charge is 0.388 e. The van der Waals surface area contributed by atoms with Crippen LogP contribution in [0.3, 0.4) is 0 Å². The number of nitrogens with zero attached hydrogens (tertiary/aromatic N) is 2. The molecule has 0 aliphatic rings. The Kier molecular flexibility index (Phi) is 6.27. The summed E-state index contributed by atoms with van der Waals surface area (Å²) in [5.41, 5.74) is 1.94. The van der Waals surface area contributed by atoms with Gasteiger partial charge in [-0.25, -0.2) is 0 Å². The van der Waals surface area contributed by atoms with E-state index >= 15 is 0 Å². The van der Waals surface area contributed by atoms with Gasteiger partial charge in [-0.05, 0) is 13.3 Å². The van der Waals surface area contributed by atoms with Crippen molar-refractivity contribution < 1.29 is 5.11 Å². The summed E-state index contributed by atoms with van der Waals surface area (Å²) in [6, 6.07) is 0. The van der Waals surface area contributed by atoms with Crippen molar-refractivity contribution in [3.63, 3.8) is 0 Å². The highest BCUT2D eigenvalue weighted by molar-refractivity contribution is 5.18. The van der Waals surface area contributed by atoms with Crippen LogP contribution in [0.2, 0.25) is 0 Å². The first kappa shape index (κ1) is 14.2. The van der Waals surface area contributed by atoms with Crippen molar-refractivity contribution in [1.82, 2.24) is 9.78 Å². The van der Waals surface area contributed by atoms with Gasteiger partial charge in [0.05, 0.1) is 11.8 Å². The number of hydrogen-bond donors (Lipinski definition) is 1. The Morgan fingerprint density at radius 2 is 1.88 bits per heavy atom.